The van der Waals surface area contributed by atoms with E-state index in [1.165, 1.54) is 0 Å². The van der Waals surface area contributed by atoms with E-state index in [4.69, 9.17) is 4.42 Å². The molecule has 0 saturated carbocycles. The number of carbonyl (C=O) groups is 1. The summed E-state index contributed by atoms with van der Waals surface area (Å²) in [5.41, 5.74) is 3.63. The SMILES string of the molecule is CCN(CC)Cc1cc(C(=O)N(C)C(C)c2c(C)n[nH]c2C)c(C)o1. The first kappa shape index (κ1) is 19.2. The highest BCUT2D eigenvalue weighted by Gasteiger charge is 2.26. The van der Waals surface area contributed by atoms with E-state index in [2.05, 4.69) is 28.9 Å². The van der Waals surface area contributed by atoms with Crippen LogP contribution in [-0.2, 0) is 6.54 Å². The topological polar surface area (TPSA) is 65.4 Å². The number of amides is 1. The van der Waals surface area contributed by atoms with Crippen LogP contribution in [0.5, 0.6) is 0 Å². The first-order valence-corrected chi connectivity index (χ1v) is 8.90. The second kappa shape index (κ2) is 7.87. The molecule has 0 spiro atoms. The van der Waals surface area contributed by atoms with Gasteiger partial charge in [-0.15, -0.1) is 0 Å². The molecule has 1 atom stereocenters. The number of rotatable bonds is 7. The van der Waals surface area contributed by atoms with Crippen LogP contribution in [0.2, 0.25) is 0 Å². The van der Waals surface area contributed by atoms with Gasteiger partial charge in [-0.1, -0.05) is 13.8 Å². The van der Waals surface area contributed by atoms with Gasteiger partial charge in [-0.2, -0.15) is 5.10 Å². The summed E-state index contributed by atoms with van der Waals surface area (Å²) in [5.74, 6) is 1.48. The minimum absolute atomic E-state index is 0.0282. The molecule has 0 saturated heterocycles. The Morgan fingerprint density at radius 1 is 1.28 bits per heavy atom. The molecule has 25 heavy (non-hydrogen) atoms. The molecule has 0 fully saturated rings. The predicted molar refractivity (Wildman–Crippen MR) is 98.6 cm³/mol. The number of aromatic amines is 1. The average Bonchev–Trinajstić information content (AvgIpc) is 3.12. The third kappa shape index (κ3) is 3.95. The van der Waals surface area contributed by atoms with Gasteiger partial charge in [0.15, 0.2) is 0 Å². The van der Waals surface area contributed by atoms with Crippen molar-refractivity contribution in [3.63, 3.8) is 0 Å². The molecule has 6 nitrogen and oxygen atoms in total. The summed E-state index contributed by atoms with van der Waals surface area (Å²) in [4.78, 5) is 17.0. The van der Waals surface area contributed by atoms with Crippen molar-refractivity contribution < 1.29 is 9.21 Å². The van der Waals surface area contributed by atoms with E-state index in [1.807, 2.05) is 40.8 Å². The fraction of sp³-hybridized carbons (Fsp3) is 0.579. The highest BCUT2D eigenvalue weighted by molar-refractivity contribution is 5.95. The lowest BCUT2D eigenvalue weighted by atomic mass is 10.0. The van der Waals surface area contributed by atoms with Crippen molar-refractivity contribution in [1.29, 1.82) is 0 Å². The van der Waals surface area contributed by atoms with E-state index in [9.17, 15) is 4.79 Å². The van der Waals surface area contributed by atoms with Crippen LogP contribution >= 0.6 is 0 Å². The zero-order valence-electron chi connectivity index (χ0n) is 16.4. The van der Waals surface area contributed by atoms with Crippen LogP contribution in [0, 0.1) is 20.8 Å². The Hall–Kier alpha value is -2.08. The molecule has 1 amide bonds. The number of nitrogens with zero attached hydrogens (tertiary/aromatic N) is 3. The van der Waals surface area contributed by atoms with Crippen molar-refractivity contribution >= 4 is 5.91 Å². The Morgan fingerprint density at radius 3 is 2.44 bits per heavy atom. The van der Waals surface area contributed by atoms with Gasteiger partial charge in [0.1, 0.15) is 11.5 Å². The molecule has 2 aromatic heterocycles. The number of carbonyl (C=O) groups excluding carboxylic acids is 1. The van der Waals surface area contributed by atoms with Gasteiger partial charge in [0.2, 0.25) is 0 Å². The number of hydrogen-bond donors (Lipinski definition) is 1. The van der Waals surface area contributed by atoms with Crippen molar-refractivity contribution in [2.24, 2.45) is 0 Å². The summed E-state index contributed by atoms with van der Waals surface area (Å²) in [5, 5.41) is 7.23. The summed E-state index contributed by atoms with van der Waals surface area (Å²) < 4.78 is 5.83. The van der Waals surface area contributed by atoms with E-state index < -0.39 is 0 Å². The van der Waals surface area contributed by atoms with E-state index >= 15 is 0 Å². The lowest BCUT2D eigenvalue weighted by Gasteiger charge is -2.25. The molecule has 2 aromatic rings. The lowest BCUT2D eigenvalue weighted by molar-refractivity contribution is 0.0740. The predicted octanol–water partition coefficient (Wildman–Crippen LogP) is 3.60. The van der Waals surface area contributed by atoms with Crippen LogP contribution in [-0.4, -0.2) is 46.0 Å². The Morgan fingerprint density at radius 2 is 1.92 bits per heavy atom. The van der Waals surface area contributed by atoms with Crippen LogP contribution in [0.25, 0.3) is 0 Å². The normalized spacial score (nSPS) is 12.6. The molecule has 0 radical (unpaired) electrons. The molecule has 138 valence electrons. The molecule has 0 aromatic carbocycles. The number of nitrogens with one attached hydrogen (secondary N) is 1. The summed E-state index contributed by atoms with van der Waals surface area (Å²) in [6.07, 6.45) is 0. The smallest absolute Gasteiger partial charge is 0.257 e. The number of furan rings is 1. The molecule has 1 N–H and O–H groups in total. The molecular weight excluding hydrogens is 316 g/mol. The maximum Gasteiger partial charge on any atom is 0.257 e. The molecular formula is C19H30N4O2. The summed E-state index contributed by atoms with van der Waals surface area (Å²) >= 11 is 0. The molecule has 1 unspecified atom stereocenters. The monoisotopic (exact) mass is 346 g/mol. The van der Waals surface area contributed by atoms with Gasteiger partial charge in [0.05, 0.1) is 23.8 Å². The fourth-order valence-corrected chi connectivity index (χ4v) is 3.24. The lowest BCUT2D eigenvalue weighted by Crippen LogP contribution is -2.30. The highest BCUT2D eigenvalue weighted by atomic mass is 16.3. The van der Waals surface area contributed by atoms with Crippen LogP contribution in [0.4, 0.5) is 0 Å². The molecule has 0 aliphatic carbocycles. The molecule has 2 heterocycles. The van der Waals surface area contributed by atoms with Gasteiger partial charge in [-0.25, -0.2) is 0 Å². The van der Waals surface area contributed by atoms with Crippen LogP contribution < -0.4 is 0 Å². The third-order valence-corrected chi connectivity index (χ3v) is 4.98. The van der Waals surface area contributed by atoms with Crippen molar-refractivity contribution in [3.8, 4) is 0 Å². The van der Waals surface area contributed by atoms with Gasteiger partial charge in [0, 0.05) is 18.3 Å². The summed E-state index contributed by atoms with van der Waals surface area (Å²) in [7, 11) is 1.83. The van der Waals surface area contributed by atoms with E-state index in [1.54, 1.807) is 4.90 Å². The fourth-order valence-electron chi connectivity index (χ4n) is 3.24. The Bertz CT molecular complexity index is 708. The van der Waals surface area contributed by atoms with Gasteiger partial charge < -0.3 is 9.32 Å². The number of aromatic nitrogens is 2. The maximum atomic E-state index is 13.0. The maximum absolute atomic E-state index is 13.0. The van der Waals surface area contributed by atoms with Crippen molar-refractivity contribution in [2.45, 2.75) is 54.1 Å². The van der Waals surface area contributed by atoms with E-state index in [0.717, 1.165) is 42.3 Å². The van der Waals surface area contributed by atoms with Crippen LogP contribution in [0.15, 0.2) is 10.5 Å². The Balaban J connectivity index is 2.21. The van der Waals surface area contributed by atoms with Crippen LogP contribution in [0.3, 0.4) is 0 Å². The molecule has 2 rings (SSSR count). The first-order chi connectivity index (χ1) is 11.8. The standard InChI is InChI=1S/C19H30N4O2/c1-8-23(9-2)11-16-10-17(15(6)25-16)19(24)22(7)14(5)18-12(3)20-21-13(18)4/h10,14H,8-9,11H2,1-7H3,(H,20,21). The molecule has 0 aliphatic rings. The molecule has 0 aliphatic heterocycles. The zero-order valence-corrected chi connectivity index (χ0v) is 16.4. The second-order valence-corrected chi connectivity index (χ2v) is 6.58. The van der Waals surface area contributed by atoms with Crippen molar-refractivity contribution in [1.82, 2.24) is 20.0 Å². The van der Waals surface area contributed by atoms with Crippen molar-refractivity contribution in [2.75, 3.05) is 20.1 Å². The van der Waals surface area contributed by atoms with E-state index in [-0.39, 0.29) is 11.9 Å². The van der Waals surface area contributed by atoms with Crippen LogP contribution in [0.1, 0.15) is 65.6 Å². The number of H-pyrrole nitrogens is 1. The first-order valence-electron chi connectivity index (χ1n) is 8.90. The second-order valence-electron chi connectivity index (χ2n) is 6.58. The minimum Gasteiger partial charge on any atom is -0.464 e. The van der Waals surface area contributed by atoms with Crippen molar-refractivity contribution in [3.05, 3.63) is 40.1 Å². The number of hydrogen-bond acceptors (Lipinski definition) is 4. The summed E-state index contributed by atoms with van der Waals surface area (Å²) in [6.45, 7) is 14.7. The minimum atomic E-state index is -0.0632. The quantitative estimate of drug-likeness (QED) is 0.832. The molecule has 0 bridgehead atoms. The number of aryl methyl sites for hydroxylation is 3. The van der Waals surface area contributed by atoms with Gasteiger partial charge in [0.25, 0.3) is 5.91 Å². The highest BCUT2D eigenvalue weighted by Crippen LogP contribution is 2.27. The Kier molecular flexibility index (Phi) is 6.06. The largest absolute Gasteiger partial charge is 0.464 e. The molecule has 6 heteroatoms. The average molecular weight is 346 g/mol. The van der Waals surface area contributed by atoms with E-state index in [0.29, 0.717) is 11.3 Å². The van der Waals surface area contributed by atoms with Gasteiger partial charge >= 0.3 is 0 Å². The zero-order chi connectivity index (χ0) is 18.7. The summed E-state index contributed by atoms with van der Waals surface area (Å²) in [6, 6.07) is 1.82. The Labute approximate surface area is 150 Å². The third-order valence-electron chi connectivity index (χ3n) is 4.98. The van der Waals surface area contributed by atoms with Gasteiger partial charge in [-0.05, 0) is 46.9 Å². The van der Waals surface area contributed by atoms with Gasteiger partial charge in [-0.3, -0.25) is 14.8 Å².